The summed E-state index contributed by atoms with van der Waals surface area (Å²) in [6.45, 7) is 12.4. The molecule has 150 valence electrons. The van der Waals surface area contributed by atoms with Crippen molar-refractivity contribution >= 4 is 0 Å². The van der Waals surface area contributed by atoms with Gasteiger partial charge in [-0.1, -0.05) is 52.4 Å². The van der Waals surface area contributed by atoms with Gasteiger partial charge in [0.2, 0.25) is 0 Å². The average molecular weight is 359 g/mol. The summed E-state index contributed by atoms with van der Waals surface area (Å²) < 4.78 is 23.1. The van der Waals surface area contributed by atoms with E-state index in [2.05, 4.69) is 27.7 Å². The lowest BCUT2D eigenvalue weighted by Crippen LogP contribution is -2.38. The number of hydrogen-bond acceptors (Lipinski definition) is 4. The summed E-state index contributed by atoms with van der Waals surface area (Å²) in [7, 11) is 0. The van der Waals surface area contributed by atoms with Crippen molar-refractivity contribution in [2.24, 2.45) is 5.92 Å². The maximum absolute atomic E-state index is 6.07. The predicted octanol–water partition coefficient (Wildman–Crippen LogP) is 5.34. The highest BCUT2D eigenvalue weighted by atomic mass is 16.7. The fourth-order valence-electron chi connectivity index (χ4n) is 3.49. The molecular formula is C21H42O4. The van der Waals surface area contributed by atoms with Crippen molar-refractivity contribution < 1.29 is 18.9 Å². The van der Waals surface area contributed by atoms with Crippen LogP contribution in [0.1, 0.15) is 85.5 Å². The number of epoxide rings is 1. The molecule has 0 radical (unpaired) electrons. The lowest BCUT2D eigenvalue weighted by atomic mass is 9.89. The highest BCUT2D eigenvalue weighted by molar-refractivity contribution is 4.75. The van der Waals surface area contributed by atoms with Gasteiger partial charge < -0.3 is 18.9 Å². The van der Waals surface area contributed by atoms with Crippen molar-refractivity contribution in [2.75, 3.05) is 33.0 Å². The Balaban J connectivity index is 2.45. The van der Waals surface area contributed by atoms with E-state index in [0.717, 1.165) is 39.1 Å². The molecule has 1 saturated heterocycles. The summed E-state index contributed by atoms with van der Waals surface area (Å²) in [5, 5.41) is 0. The van der Waals surface area contributed by atoms with Crippen LogP contribution >= 0.6 is 0 Å². The smallest absolute Gasteiger partial charge is 0.168 e. The van der Waals surface area contributed by atoms with Gasteiger partial charge in [-0.3, -0.25) is 0 Å². The molecule has 0 amide bonds. The summed E-state index contributed by atoms with van der Waals surface area (Å²) >= 11 is 0. The van der Waals surface area contributed by atoms with Crippen LogP contribution in [0.5, 0.6) is 0 Å². The molecule has 0 aliphatic carbocycles. The fourth-order valence-corrected chi connectivity index (χ4v) is 3.49. The molecular weight excluding hydrogens is 316 g/mol. The van der Waals surface area contributed by atoms with Crippen LogP contribution in [0.2, 0.25) is 0 Å². The molecule has 1 fully saturated rings. The average Bonchev–Trinajstić information content (AvgIpc) is 3.43. The first kappa shape index (κ1) is 22.9. The minimum absolute atomic E-state index is 0.356. The van der Waals surface area contributed by atoms with Crippen molar-refractivity contribution in [1.29, 1.82) is 0 Å². The Morgan fingerprint density at radius 2 is 1.64 bits per heavy atom. The highest BCUT2D eigenvalue weighted by Crippen LogP contribution is 2.31. The van der Waals surface area contributed by atoms with Crippen LogP contribution in [-0.4, -0.2) is 44.9 Å². The zero-order chi connectivity index (χ0) is 18.4. The third-order valence-electron chi connectivity index (χ3n) is 5.05. The lowest BCUT2D eigenvalue weighted by Gasteiger charge is -2.35. The molecule has 1 aliphatic rings. The van der Waals surface area contributed by atoms with Crippen LogP contribution in [-0.2, 0) is 18.9 Å². The van der Waals surface area contributed by atoms with Crippen molar-refractivity contribution in [2.45, 2.75) is 97.4 Å². The summed E-state index contributed by atoms with van der Waals surface area (Å²) in [6, 6.07) is 0. The normalized spacial score (nSPS) is 18.5. The van der Waals surface area contributed by atoms with Crippen LogP contribution in [0, 0.1) is 5.92 Å². The molecule has 0 N–H and O–H groups in total. The maximum Gasteiger partial charge on any atom is 0.168 e. The molecule has 0 aromatic carbocycles. The van der Waals surface area contributed by atoms with Crippen molar-refractivity contribution in [3.63, 3.8) is 0 Å². The second kappa shape index (κ2) is 14.0. The minimum atomic E-state index is -0.419. The van der Waals surface area contributed by atoms with Crippen LogP contribution in [0.25, 0.3) is 0 Å². The third-order valence-corrected chi connectivity index (χ3v) is 5.05. The molecule has 2 atom stereocenters. The van der Waals surface area contributed by atoms with E-state index in [1.165, 1.54) is 38.5 Å². The Hall–Kier alpha value is -0.160. The van der Waals surface area contributed by atoms with E-state index in [4.69, 9.17) is 18.9 Å². The molecule has 0 spiro atoms. The van der Waals surface area contributed by atoms with E-state index >= 15 is 0 Å². The largest absolute Gasteiger partial charge is 0.379 e. The quantitative estimate of drug-likeness (QED) is 0.188. The Kier molecular flexibility index (Phi) is 12.8. The Morgan fingerprint density at radius 1 is 0.960 bits per heavy atom. The second-order valence-corrected chi connectivity index (χ2v) is 7.22. The van der Waals surface area contributed by atoms with E-state index in [0.29, 0.717) is 25.2 Å². The predicted molar refractivity (Wildman–Crippen MR) is 103 cm³/mol. The van der Waals surface area contributed by atoms with Crippen LogP contribution < -0.4 is 0 Å². The summed E-state index contributed by atoms with van der Waals surface area (Å²) in [6.07, 6.45) is 11.2. The van der Waals surface area contributed by atoms with E-state index in [1.807, 2.05) is 0 Å². The Morgan fingerprint density at radius 3 is 2.20 bits per heavy atom. The molecule has 2 unspecified atom stereocenters. The van der Waals surface area contributed by atoms with Crippen LogP contribution in [0.15, 0.2) is 0 Å². The zero-order valence-electron chi connectivity index (χ0n) is 17.2. The van der Waals surface area contributed by atoms with Gasteiger partial charge in [0.25, 0.3) is 0 Å². The van der Waals surface area contributed by atoms with Gasteiger partial charge in [0.1, 0.15) is 6.10 Å². The number of hydrogen-bond donors (Lipinski definition) is 0. The summed E-state index contributed by atoms with van der Waals surface area (Å²) in [4.78, 5) is 0. The minimum Gasteiger partial charge on any atom is -0.379 e. The molecule has 4 nitrogen and oxygen atoms in total. The van der Waals surface area contributed by atoms with E-state index in [9.17, 15) is 0 Å². The van der Waals surface area contributed by atoms with Gasteiger partial charge in [0, 0.05) is 26.2 Å². The van der Waals surface area contributed by atoms with Gasteiger partial charge in [-0.15, -0.1) is 0 Å². The van der Waals surface area contributed by atoms with Gasteiger partial charge in [0.05, 0.1) is 13.2 Å². The van der Waals surface area contributed by atoms with E-state index < -0.39 is 5.79 Å². The maximum atomic E-state index is 6.07. The lowest BCUT2D eigenvalue weighted by molar-refractivity contribution is -0.245. The van der Waals surface area contributed by atoms with Crippen molar-refractivity contribution in [1.82, 2.24) is 0 Å². The number of ether oxygens (including phenoxy) is 4. The Bertz CT molecular complexity index is 298. The standard InChI is InChI=1S/C21H42O4/c1-5-9-10-11-12-13-19(14-15-22-17-20-18-23-20)16-21(6-2,24-7-3)25-8-4/h19-20H,5-18H2,1-4H3. The first-order valence-corrected chi connectivity index (χ1v) is 10.7. The van der Waals surface area contributed by atoms with Crippen LogP contribution in [0.4, 0.5) is 0 Å². The third kappa shape index (κ3) is 10.5. The molecule has 0 aromatic heterocycles. The molecule has 4 heteroatoms. The van der Waals surface area contributed by atoms with Crippen molar-refractivity contribution in [3.05, 3.63) is 0 Å². The highest BCUT2D eigenvalue weighted by Gasteiger charge is 2.32. The zero-order valence-corrected chi connectivity index (χ0v) is 17.2. The van der Waals surface area contributed by atoms with Crippen molar-refractivity contribution in [3.8, 4) is 0 Å². The molecule has 0 aromatic rings. The Labute approximate surface area is 155 Å². The first-order chi connectivity index (χ1) is 12.2. The summed E-state index contributed by atoms with van der Waals surface area (Å²) in [5.74, 6) is 0.178. The van der Waals surface area contributed by atoms with Gasteiger partial charge in [0.15, 0.2) is 5.79 Å². The SMILES string of the molecule is CCCCCCCC(CCOCC1CO1)CC(CC)(OCC)OCC. The monoisotopic (exact) mass is 358 g/mol. The van der Waals surface area contributed by atoms with Gasteiger partial charge >= 0.3 is 0 Å². The summed E-state index contributed by atoms with van der Waals surface area (Å²) in [5.41, 5.74) is 0. The van der Waals surface area contributed by atoms with Gasteiger partial charge in [-0.25, -0.2) is 0 Å². The van der Waals surface area contributed by atoms with Crippen LogP contribution in [0.3, 0.4) is 0 Å². The number of rotatable bonds is 18. The van der Waals surface area contributed by atoms with Gasteiger partial charge in [-0.2, -0.15) is 0 Å². The molecule has 0 bridgehead atoms. The number of unbranched alkanes of at least 4 members (excludes halogenated alkanes) is 4. The fraction of sp³-hybridized carbons (Fsp3) is 1.00. The van der Waals surface area contributed by atoms with E-state index in [-0.39, 0.29) is 0 Å². The van der Waals surface area contributed by atoms with E-state index in [1.54, 1.807) is 0 Å². The van der Waals surface area contributed by atoms with Gasteiger partial charge in [-0.05, 0) is 32.6 Å². The first-order valence-electron chi connectivity index (χ1n) is 10.7. The molecule has 0 saturated carbocycles. The molecule has 1 rings (SSSR count). The molecule has 25 heavy (non-hydrogen) atoms. The molecule has 1 aliphatic heterocycles. The second-order valence-electron chi connectivity index (χ2n) is 7.22. The molecule has 1 heterocycles. The topological polar surface area (TPSA) is 40.2 Å².